The molecule has 0 unspecified atom stereocenters. The van der Waals surface area contributed by atoms with E-state index < -0.39 is 0 Å². The van der Waals surface area contributed by atoms with Gasteiger partial charge in [-0.3, -0.25) is 9.78 Å². The summed E-state index contributed by atoms with van der Waals surface area (Å²) in [5, 5.41) is 2.92. The number of benzene rings is 1. The molecule has 0 spiro atoms. The lowest BCUT2D eigenvalue weighted by Gasteiger charge is -2.32. The van der Waals surface area contributed by atoms with Crippen molar-refractivity contribution in [3.8, 4) is 11.5 Å². The molecule has 0 aliphatic carbocycles. The summed E-state index contributed by atoms with van der Waals surface area (Å²) in [5.41, 5.74) is 2.43. The van der Waals surface area contributed by atoms with Crippen molar-refractivity contribution in [2.45, 2.75) is 26.3 Å². The molecular formula is C21H27N3O3. The van der Waals surface area contributed by atoms with Crippen LogP contribution >= 0.6 is 0 Å². The van der Waals surface area contributed by atoms with E-state index in [1.165, 1.54) is 12.8 Å². The van der Waals surface area contributed by atoms with Crippen LogP contribution in [-0.2, 0) is 6.54 Å². The number of hydrogen-bond donors (Lipinski definition) is 1. The van der Waals surface area contributed by atoms with Crippen LogP contribution in [0.2, 0.25) is 0 Å². The summed E-state index contributed by atoms with van der Waals surface area (Å²) in [6.07, 6.45) is 4.07. The summed E-state index contributed by atoms with van der Waals surface area (Å²) in [6.45, 7) is 4.74. The fourth-order valence-corrected chi connectivity index (χ4v) is 3.27. The molecule has 1 N–H and O–H groups in total. The Bertz CT molecular complexity index is 786. The predicted octanol–water partition coefficient (Wildman–Crippen LogP) is 3.27. The number of carbonyl (C=O) groups is 1. The molecule has 1 amide bonds. The number of methoxy groups -OCH3 is 2. The Hall–Kier alpha value is -2.76. The standard InChI is InChI=1S/C21H27N3O3/c1-15-7-10-24(11-8-15)17-6-9-22-18(13-17)21(25)23-14-16-4-5-19(26-2)20(12-16)27-3/h4-6,9,12-13,15H,7-8,10-11,14H2,1-3H3,(H,23,25). The number of hydrogen-bond acceptors (Lipinski definition) is 5. The number of nitrogens with one attached hydrogen (secondary N) is 1. The van der Waals surface area contributed by atoms with Gasteiger partial charge in [-0.15, -0.1) is 0 Å². The van der Waals surface area contributed by atoms with E-state index in [-0.39, 0.29) is 5.91 Å². The topological polar surface area (TPSA) is 63.7 Å². The van der Waals surface area contributed by atoms with E-state index in [1.54, 1.807) is 20.4 Å². The first-order chi connectivity index (χ1) is 13.1. The molecule has 0 radical (unpaired) electrons. The third-order valence-corrected chi connectivity index (χ3v) is 5.03. The van der Waals surface area contributed by atoms with E-state index in [1.807, 2.05) is 30.3 Å². The molecule has 1 saturated heterocycles. The van der Waals surface area contributed by atoms with Crippen molar-refractivity contribution in [3.63, 3.8) is 0 Å². The van der Waals surface area contributed by atoms with Crippen LogP contribution < -0.4 is 19.7 Å². The van der Waals surface area contributed by atoms with E-state index in [0.29, 0.717) is 23.7 Å². The summed E-state index contributed by atoms with van der Waals surface area (Å²) >= 11 is 0. The quantitative estimate of drug-likeness (QED) is 0.847. The highest BCUT2D eigenvalue weighted by molar-refractivity contribution is 5.93. The molecule has 1 aliphatic heterocycles. The average molecular weight is 369 g/mol. The Morgan fingerprint density at radius 2 is 1.89 bits per heavy atom. The van der Waals surface area contributed by atoms with Gasteiger partial charge in [-0.2, -0.15) is 0 Å². The number of carbonyl (C=O) groups excluding carboxylic acids is 1. The highest BCUT2D eigenvalue weighted by atomic mass is 16.5. The normalized spacial score (nSPS) is 14.7. The van der Waals surface area contributed by atoms with Crippen molar-refractivity contribution >= 4 is 11.6 Å². The lowest BCUT2D eigenvalue weighted by molar-refractivity contribution is 0.0946. The second kappa shape index (κ2) is 8.75. The first-order valence-corrected chi connectivity index (χ1v) is 9.31. The van der Waals surface area contributed by atoms with Crippen molar-refractivity contribution in [3.05, 3.63) is 47.8 Å². The second-order valence-electron chi connectivity index (χ2n) is 6.94. The number of rotatable bonds is 6. The van der Waals surface area contributed by atoms with Gasteiger partial charge >= 0.3 is 0 Å². The molecule has 3 rings (SSSR count). The maximum Gasteiger partial charge on any atom is 0.270 e. The number of anilines is 1. The van der Waals surface area contributed by atoms with Crippen LogP contribution in [-0.4, -0.2) is 38.2 Å². The third-order valence-electron chi connectivity index (χ3n) is 5.03. The van der Waals surface area contributed by atoms with Crippen LogP contribution in [0.25, 0.3) is 0 Å². The molecule has 1 aromatic heterocycles. The van der Waals surface area contributed by atoms with Gasteiger partial charge in [-0.25, -0.2) is 0 Å². The maximum absolute atomic E-state index is 12.5. The highest BCUT2D eigenvalue weighted by Crippen LogP contribution is 2.27. The van der Waals surface area contributed by atoms with Crippen molar-refractivity contribution in [1.82, 2.24) is 10.3 Å². The van der Waals surface area contributed by atoms with Gasteiger partial charge in [0.25, 0.3) is 5.91 Å². The number of ether oxygens (including phenoxy) is 2. The zero-order chi connectivity index (χ0) is 19.2. The van der Waals surface area contributed by atoms with Crippen LogP contribution in [0, 0.1) is 5.92 Å². The molecule has 2 aromatic rings. The molecule has 6 heteroatoms. The van der Waals surface area contributed by atoms with Gasteiger partial charge in [-0.1, -0.05) is 13.0 Å². The lowest BCUT2D eigenvalue weighted by Crippen LogP contribution is -2.33. The minimum atomic E-state index is -0.183. The smallest absolute Gasteiger partial charge is 0.270 e. The largest absolute Gasteiger partial charge is 0.493 e. The minimum Gasteiger partial charge on any atom is -0.493 e. The zero-order valence-corrected chi connectivity index (χ0v) is 16.2. The van der Waals surface area contributed by atoms with Crippen LogP contribution in [0.4, 0.5) is 5.69 Å². The van der Waals surface area contributed by atoms with E-state index in [2.05, 4.69) is 22.1 Å². The molecule has 6 nitrogen and oxygen atoms in total. The summed E-state index contributed by atoms with van der Waals surface area (Å²) < 4.78 is 10.5. The Labute approximate surface area is 160 Å². The van der Waals surface area contributed by atoms with E-state index in [9.17, 15) is 4.79 Å². The van der Waals surface area contributed by atoms with Gasteiger partial charge in [0.1, 0.15) is 5.69 Å². The number of aromatic nitrogens is 1. The molecule has 2 heterocycles. The Kier molecular flexibility index (Phi) is 6.16. The summed E-state index contributed by atoms with van der Waals surface area (Å²) in [7, 11) is 3.19. The Morgan fingerprint density at radius 1 is 1.15 bits per heavy atom. The van der Waals surface area contributed by atoms with Gasteiger partial charge in [0, 0.05) is 31.5 Å². The summed E-state index contributed by atoms with van der Waals surface area (Å²) in [4.78, 5) is 19.1. The van der Waals surface area contributed by atoms with Crippen LogP contribution in [0.15, 0.2) is 36.5 Å². The van der Waals surface area contributed by atoms with Crippen molar-refractivity contribution in [2.75, 3.05) is 32.2 Å². The molecule has 0 bridgehead atoms. The van der Waals surface area contributed by atoms with Gasteiger partial charge in [0.05, 0.1) is 14.2 Å². The van der Waals surface area contributed by atoms with Crippen molar-refractivity contribution in [2.24, 2.45) is 5.92 Å². The molecule has 1 aliphatic rings. The number of nitrogens with zero attached hydrogens (tertiary/aromatic N) is 2. The lowest BCUT2D eigenvalue weighted by atomic mass is 9.99. The van der Waals surface area contributed by atoms with E-state index in [0.717, 1.165) is 30.3 Å². The van der Waals surface area contributed by atoms with Crippen molar-refractivity contribution in [1.29, 1.82) is 0 Å². The minimum absolute atomic E-state index is 0.183. The molecule has 0 saturated carbocycles. The Balaban J connectivity index is 1.64. The molecular weight excluding hydrogens is 342 g/mol. The molecule has 0 atom stereocenters. The third kappa shape index (κ3) is 4.70. The van der Waals surface area contributed by atoms with Crippen LogP contribution in [0.5, 0.6) is 11.5 Å². The molecule has 144 valence electrons. The summed E-state index contributed by atoms with van der Waals surface area (Å²) in [5.74, 6) is 1.89. The highest BCUT2D eigenvalue weighted by Gasteiger charge is 2.17. The van der Waals surface area contributed by atoms with Gasteiger partial charge in [-0.05, 0) is 48.6 Å². The second-order valence-corrected chi connectivity index (χ2v) is 6.94. The van der Waals surface area contributed by atoms with Gasteiger partial charge in [0.15, 0.2) is 11.5 Å². The van der Waals surface area contributed by atoms with E-state index in [4.69, 9.17) is 9.47 Å². The average Bonchev–Trinajstić information content (AvgIpc) is 2.72. The molecule has 1 aromatic carbocycles. The van der Waals surface area contributed by atoms with Crippen molar-refractivity contribution < 1.29 is 14.3 Å². The van der Waals surface area contributed by atoms with Crippen LogP contribution in [0.3, 0.4) is 0 Å². The SMILES string of the molecule is COc1ccc(CNC(=O)c2cc(N3CCC(C)CC3)ccn2)cc1OC. The molecule has 27 heavy (non-hydrogen) atoms. The Morgan fingerprint density at radius 3 is 2.59 bits per heavy atom. The maximum atomic E-state index is 12.5. The number of piperidine rings is 1. The molecule has 1 fully saturated rings. The van der Waals surface area contributed by atoms with Gasteiger partial charge < -0.3 is 19.7 Å². The number of amides is 1. The summed E-state index contributed by atoms with van der Waals surface area (Å²) in [6, 6.07) is 9.44. The monoisotopic (exact) mass is 369 g/mol. The first-order valence-electron chi connectivity index (χ1n) is 9.31. The fraction of sp³-hybridized carbons (Fsp3) is 0.429. The van der Waals surface area contributed by atoms with Crippen LogP contribution in [0.1, 0.15) is 35.8 Å². The number of pyridine rings is 1. The van der Waals surface area contributed by atoms with Gasteiger partial charge in [0.2, 0.25) is 0 Å². The zero-order valence-electron chi connectivity index (χ0n) is 16.2. The predicted molar refractivity (Wildman–Crippen MR) is 106 cm³/mol. The fourth-order valence-electron chi connectivity index (χ4n) is 3.27. The van der Waals surface area contributed by atoms with E-state index >= 15 is 0 Å². The first kappa shape index (κ1) is 19.0.